The Morgan fingerprint density at radius 3 is 2.00 bits per heavy atom. The zero-order chi connectivity index (χ0) is 18.1. The van der Waals surface area contributed by atoms with Crippen LogP contribution in [0.2, 0.25) is 0 Å². The average molecular weight is 360 g/mol. The van der Waals surface area contributed by atoms with E-state index in [4.69, 9.17) is 0 Å². The van der Waals surface area contributed by atoms with Gasteiger partial charge in [0.1, 0.15) is 0 Å². The quantitative estimate of drug-likeness (QED) is 0.555. The van der Waals surface area contributed by atoms with E-state index in [-0.39, 0.29) is 6.03 Å². The molecular formula is C22H20N2OS. The van der Waals surface area contributed by atoms with Gasteiger partial charge in [-0.3, -0.25) is 4.90 Å². The van der Waals surface area contributed by atoms with Crippen LogP contribution < -0.4 is 10.2 Å². The third-order valence-electron chi connectivity index (χ3n) is 4.46. The molecule has 4 heteroatoms. The summed E-state index contributed by atoms with van der Waals surface area (Å²) in [7, 11) is 0. The van der Waals surface area contributed by atoms with Crippen LogP contribution in [0.1, 0.15) is 25.3 Å². The number of benzene rings is 3. The van der Waals surface area contributed by atoms with Gasteiger partial charge in [0.2, 0.25) is 0 Å². The van der Waals surface area contributed by atoms with Crippen molar-refractivity contribution in [1.29, 1.82) is 0 Å². The first-order valence-electron chi connectivity index (χ1n) is 8.71. The molecule has 4 rings (SSSR count). The summed E-state index contributed by atoms with van der Waals surface area (Å²) in [6, 6.07) is 23.9. The number of carbonyl (C=O) groups is 1. The Bertz CT molecular complexity index is 922. The number of hydrogen-bond acceptors (Lipinski definition) is 2. The fraction of sp³-hybridized carbons (Fsp3) is 0.136. The van der Waals surface area contributed by atoms with Crippen LogP contribution in [0.15, 0.2) is 82.6 Å². The molecule has 3 aromatic carbocycles. The number of nitrogens with zero attached hydrogens (tertiary/aromatic N) is 1. The van der Waals surface area contributed by atoms with Crippen molar-refractivity contribution in [2.75, 3.05) is 10.2 Å². The van der Waals surface area contributed by atoms with Crippen LogP contribution >= 0.6 is 11.8 Å². The standard InChI is InChI=1S/C22H20N2OS/c1-15(2)16-9-3-4-10-17(16)23-22(25)24-18-11-5-7-13-20(18)26-21-14-8-6-12-19(21)24/h3-15H,1-2H3,(H,23,25). The van der Waals surface area contributed by atoms with Crippen molar-refractivity contribution < 1.29 is 4.79 Å². The first-order chi connectivity index (χ1) is 12.6. The maximum absolute atomic E-state index is 13.3. The van der Waals surface area contributed by atoms with Crippen molar-refractivity contribution >= 4 is 34.9 Å². The molecule has 26 heavy (non-hydrogen) atoms. The lowest BCUT2D eigenvalue weighted by atomic mass is 10.0. The summed E-state index contributed by atoms with van der Waals surface area (Å²) < 4.78 is 0. The summed E-state index contributed by atoms with van der Waals surface area (Å²) in [5.74, 6) is 0.336. The number of para-hydroxylation sites is 3. The van der Waals surface area contributed by atoms with Crippen molar-refractivity contribution in [3.63, 3.8) is 0 Å². The van der Waals surface area contributed by atoms with Crippen molar-refractivity contribution in [3.05, 3.63) is 78.4 Å². The van der Waals surface area contributed by atoms with Crippen LogP contribution in [0.5, 0.6) is 0 Å². The van der Waals surface area contributed by atoms with Crippen molar-refractivity contribution in [1.82, 2.24) is 0 Å². The van der Waals surface area contributed by atoms with Gasteiger partial charge in [-0.05, 0) is 41.8 Å². The normalized spacial score (nSPS) is 12.5. The molecule has 0 bridgehead atoms. The third-order valence-corrected chi connectivity index (χ3v) is 5.59. The van der Waals surface area contributed by atoms with Crippen molar-refractivity contribution in [3.8, 4) is 0 Å². The molecule has 0 saturated carbocycles. The van der Waals surface area contributed by atoms with Crippen LogP contribution in [-0.4, -0.2) is 6.03 Å². The zero-order valence-electron chi connectivity index (χ0n) is 14.8. The van der Waals surface area contributed by atoms with Gasteiger partial charge in [0.25, 0.3) is 0 Å². The minimum Gasteiger partial charge on any atom is -0.307 e. The highest BCUT2D eigenvalue weighted by Gasteiger charge is 2.28. The van der Waals surface area contributed by atoms with E-state index in [2.05, 4.69) is 37.4 Å². The van der Waals surface area contributed by atoms with E-state index < -0.39 is 0 Å². The molecule has 1 N–H and O–H groups in total. The number of rotatable bonds is 2. The second kappa shape index (κ2) is 6.89. The number of amides is 2. The van der Waals surface area contributed by atoms with E-state index >= 15 is 0 Å². The van der Waals surface area contributed by atoms with Crippen LogP contribution in [-0.2, 0) is 0 Å². The maximum Gasteiger partial charge on any atom is 0.331 e. The molecule has 1 aliphatic heterocycles. The van der Waals surface area contributed by atoms with Gasteiger partial charge in [0, 0.05) is 15.5 Å². The Hall–Kier alpha value is -2.72. The Morgan fingerprint density at radius 2 is 1.38 bits per heavy atom. The number of nitrogens with one attached hydrogen (secondary N) is 1. The summed E-state index contributed by atoms with van der Waals surface area (Å²) in [5, 5.41) is 3.12. The van der Waals surface area contributed by atoms with Gasteiger partial charge in [-0.15, -0.1) is 0 Å². The average Bonchev–Trinajstić information content (AvgIpc) is 2.66. The number of hydrogen-bond donors (Lipinski definition) is 1. The van der Waals surface area contributed by atoms with Gasteiger partial charge in [-0.1, -0.05) is 68.1 Å². The highest BCUT2D eigenvalue weighted by atomic mass is 32.2. The number of carbonyl (C=O) groups excluding carboxylic acids is 1. The second-order valence-corrected chi connectivity index (χ2v) is 7.63. The second-order valence-electron chi connectivity index (χ2n) is 6.55. The minimum atomic E-state index is -0.140. The summed E-state index contributed by atoms with van der Waals surface area (Å²) in [4.78, 5) is 17.2. The molecule has 1 heterocycles. The number of anilines is 3. The summed E-state index contributed by atoms with van der Waals surface area (Å²) in [5.41, 5.74) is 3.82. The molecule has 0 radical (unpaired) electrons. The first kappa shape index (κ1) is 16.7. The minimum absolute atomic E-state index is 0.140. The molecule has 0 aliphatic carbocycles. The molecule has 3 aromatic rings. The smallest absolute Gasteiger partial charge is 0.307 e. The lowest BCUT2D eigenvalue weighted by Crippen LogP contribution is -2.33. The molecule has 0 atom stereocenters. The van der Waals surface area contributed by atoms with Crippen LogP contribution in [0.25, 0.3) is 0 Å². The van der Waals surface area contributed by atoms with Crippen molar-refractivity contribution in [2.45, 2.75) is 29.6 Å². The van der Waals surface area contributed by atoms with Crippen LogP contribution in [0.3, 0.4) is 0 Å². The van der Waals surface area contributed by atoms with E-state index in [1.54, 1.807) is 16.7 Å². The Balaban J connectivity index is 1.75. The molecule has 1 aliphatic rings. The van der Waals surface area contributed by atoms with Gasteiger partial charge < -0.3 is 5.32 Å². The van der Waals surface area contributed by atoms with E-state index in [1.807, 2.05) is 54.6 Å². The van der Waals surface area contributed by atoms with E-state index in [0.29, 0.717) is 5.92 Å². The van der Waals surface area contributed by atoms with Gasteiger partial charge in [0.05, 0.1) is 11.4 Å². The monoisotopic (exact) mass is 360 g/mol. The lowest BCUT2D eigenvalue weighted by Gasteiger charge is -2.31. The molecule has 0 aromatic heterocycles. The summed E-state index contributed by atoms with van der Waals surface area (Å²) >= 11 is 1.70. The van der Waals surface area contributed by atoms with Crippen LogP contribution in [0, 0.1) is 0 Å². The molecule has 130 valence electrons. The molecule has 3 nitrogen and oxygen atoms in total. The van der Waals surface area contributed by atoms with Gasteiger partial charge in [-0.25, -0.2) is 4.79 Å². The molecule has 0 saturated heterocycles. The maximum atomic E-state index is 13.3. The van der Waals surface area contributed by atoms with E-state index in [0.717, 1.165) is 32.4 Å². The SMILES string of the molecule is CC(C)c1ccccc1NC(=O)N1c2ccccc2Sc2ccccc21. The summed E-state index contributed by atoms with van der Waals surface area (Å²) in [6.45, 7) is 4.26. The van der Waals surface area contributed by atoms with Gasteiger partial charge in [0.15, 0.2) is 0 Å². The zero-order valence-corrected chi connectivity index (χ0v) is 15.6. The molecule has 0 fully saturated rings. The fourth-order valence-corrected chi connectivity index (χ4v) is 4.27. The van der Waals surface area contributed by atoms with Crippen molar-refractivity contribution in [2.24, 2.45) is 0 Å². The van der Waals surface area contributed by atoms with Gasteiger partial charge >= 0.3 is 6.03 Å². The topological polar surface area (TPSA) is 32.3 Å². The largest absolute Gasteiger partial charge is 0.331 e. The molecule has 0 unspecified atom stereocenters. The predicted molar refractivity (Wildman–Crippen MR) is 109 cm³/mol. The summed E-state index contributed by atoms with van der Waals surface area (Å²) in [6.07, 6.45) is 0. The lowest BCUT2D eigenvalue weighted by molar-refractivity contribution is 0.258. The van der Waals surface area contributed by atoms with Crippen LogP contribution in [0.4, 0.5) is 21.9 Å². The Morgan fingerprint density at radius 1 is 0.846 bits per heavy atom. The Kier molecular flexibility index (Phi) is 4.43. The molecule has 0 spiro atoms. The number of urea groups is 1. The molecular weight excluding hydrogens is 340 g/mol. The fourth-order valence-electron chi connectivity index (χ4n) is 3.21. The predicted octanol–water partition coefficient (Wildman–Crippen LogP) is 6.64. The highest BCUT2D eigenvalue weighted by molar-refractivity contribution is 7.99. The Labute approximate surface area is 158 Å². The number of fused-ring (bicyclic) bond motifs is 2. The van der Waals surface area contributed by atoms with E-state index in [1.165, 1.54) is 0 Å². The highest BCUT2D eigenvalue weighted by Crippen LogP contribution is 2.48. The molecule has 2 amide bonds. The van der Waals surface area contributed by atoms with Gasteiger partial charge in [-0.2, -0.15) is 0 Å². The third kappa shape index (κ3) is 2.97. The van der Waals surface area contributed by atoms with E-state index in [9.17, 15) is 4.79 Å². The first-order valence-corrected chi connectivity index (χ1v) is 9.53.